The Morgan fingerprint density at radius 2 is 1.74 bits per heavy atom. The number of phenols is 1. The van der Waals surface area contributed by atoms with Crippen molar-refractivity contribution in [3.8, 4) is 11.5 Å². The van der Waals surface area contributed by atoms with Gasteiger partial charge in [-0.1, -0.05) is 12.1 Å². The van der Waals surface area contributed by atoms with E-state index in [1.54, 1.807) is 19.1 Å². The number of aryl methyl sites for hydroxylation is 1. The molecule has 0 aliphatic rings. The molecular weight excluding hydrogens is 246 g/mol. The first-order valence-corrected chi connectivity index (χ1v) is 5.85. The normalized spacial score (nSPS) is 12.3. The van der Waals surface area contributed by atoms with Crippen molar-refractivity contribution in [3.63, 3.8) is 0 Å². The summed E-state index contributed by atoms with van der Waals surface area (Å²) in [5.41, 5.74) is 0.815. The molecule has 0 saturated heterocycles. The summed E-state index contributed by atoms with van der Waals surface area (Å²) in [6.07, 6.45) is -0.860. The third-order valence-electron chi connectivity index (χ3n) is 2.95. The first-order valence-electron chi connectivity index (χ1n) is 5.85. The van der Waals surface area contributed by atoms with Crippen LogP contribution in [-0.2, 0) is 6.54 Å². The summed E-state index contributed by atoms with van der Waals surface area (Å²) in [6, 6.07) is 8.72. The molecule has 0 aliphatic carbocycles. The van der Waals surface area contributed by atoms with Crippen molar-refractivity contribution >= 4 is 0 Å². The monoisotopic (exact) mass is 261 g/mol. The predicted octanol–water partition coefficient (Wildman–Crippen LogP) is 1.30. The largest absolute Gasteiger partial charge is 0.508 e. The molecule has 3 N–H and O–H groups in total. The molecule has 5 heteroatoms. The van der Waals surface area contributed by atoms with Gasteiger partial charge in [0.15, 0.2) is 0 Å². The molecule has 0 radical (unpaired) electrons. The minimum absolute atomic E-state index is 0.0853. The van der Waals surface area contributed by atoms with Crippen LogP contribution in [0.3, 0.4) is 0 Å². The van der Waals surface area contributed by atoms with Gasteiger partial charge >= 0.3 is 0 Å². The van der Waals surface area contributed by atoms with Gasteiger partial charge in [-0.05, 0) is 30.7 Å². The van der Waals surface area contributed by atoms with Crippen LogP contribution >= 0.6 is 0 Å². The molecule has 1 atom stereocenters. The molecule has 100 valence electrons. The Labute approximate surface area is 110 Å². The number of phenolic OH excluding ortho intramolecular Hbond substituents is 1. The summed E-state index contributed by atoms with van der Waals surface area (Å²) in [5.74, 6) is 0.0341. The number of benzene rings is 1. The molecule has 19 heavy (non-hydrogen) atoms. The Morgan fingerprint density at radius 1 is 1.11 bits per heavy atom. The smallest absolute Gasteiger partial charge is 0.254 e. The summed E-state index contributed by atoms with van der Waals surface area (Å²) in [6.45, 7) is 1.78. The van der Waals surface area contributed by atoms with Gasteiger partial charge < -0.3 is 19.9 Å². The van der Waals surface area contributed by atoms with Gasteiger partial charge in [0.2, 0.25) is 0 Å². The molecule has 1 aromatic carbocycles. The van der Waals surface area contributed by atoms with Crippen molar-refractivity contribution in [2.45, 2.75) is 19.6 Å². The van der Waals surface area contributed by atoms with Gasteiger partial charge in [0.05, 0.1) is 12.6 Å². The Morgan fingerprint density at radius 3 is 2.32 bits per heavy atom. The van der Waals surface area contributed by atoms with E-state index >= 15 is 0 Å². The molecule has 2 rings (SSSR count). The molecule has 0 aliphatic heterocycles. The van der Waals surface area contributed by atoms with Crippen LogP contribution in [0.5, 0.6) is 11.5 Å². The van der Waals surface area contributed by atoms with Gasteiger partial charge in [0, 0.05) is 11.8 Å². The van der Waals surface area contributed by atoms with Crippen LogP contribution in [0.1, 0.15) is 17.4 Å². The molecule has 1 heterocycles. The van der Waals surface area contributed by atoms with Crippen molar-refractivity contribution in [1.29, 1.82) is 0 Å². The number of nitrogens with zero attached hydrogens (tertiary/aromatic N) is 1. The lowest BCUT2D eigenvalue weighted by molar-refractivity contribution is 0.154. The van der Waals surface area contributed by atoms with E-state index in [1.165, 1.54) is 22.8 Å². The number of aromatic nitrogens is 1. The van der Waals surface area contributed by atoms with Crippen LogP contribution in [0.15, 0.2) is 41.2 Å². The van der Waals surface area contributed by atoms with Crippen molar-refractivity contribution in [2.24, 2.45) is 0 Å². The van der Waals surface area contributed by atoms with Crippen LogP contribution in [-0.4, -0.2) is 19.9 Å². The maximum absolute atomic E-state index is 11.7. The van der Waals surface area contributed by atoms with Gasteiger partial charge in [-0.2, -0.15) is 0 Å². The fourth-order valence-corrected chi connectivity index (χ4v) is 1.92. The maximum atomic E-state index is 11.7. The number of aliphatic hydroxyl groups excluding tert-OH is 1. The lowest BCUT2D eigenvalue weighted by atomic mass is 10.1. The molecule has 0 amide bonds. The lowest BCUT2D eigenvalue weighted by Crippen LogP contribution is -2.24. The van der Waals surface area contributed by atoms with E-state index in [-0.39, 0.29) is 23.6 Å². The molecular formula is C14H15NO4. The van der Waals surface area contributed by atoms with E-state index in [4.69, 9.17) is 0 Å². The molecule has 0 spiro atoms. The predicted molar refractivity (Wildman–Crippen MR) is 70.2 cm³/mol. The number of hydrogen-bond donors (Lipinski definition) is 3. The first kappa shape index (κ1) is 13.2. The van der Waals surface area contributed by atoms with E-state index in [2.05, 4.69) is 0 Å². The number of aliphatic hydroxyl groups is 1. The molecule has 0 fully saturated rings. The van der Waals surface area contributed by atoms with Gasteiger partial charge in [-0.25, -0.2) is 0 Å². The van der Waals surface area contributed by atoms with Crippen LogP contribution < -0.4 is 5.56 Å². The fraction of sp³-hybridized carbons (Fsp3) is 0.214. The summed E-state index contributed by atoms with van der Waals surface area (Å²) < 4.78 is 1.39. The Bertz CT molecular complexity index is 631. The Kier molecular flexibility index (Phi) is 3.57. The Balaban J connectivity index is 2.26. The second-order valence-corrected chi connectivity index (χ2v) is 4.41. The van der Waals surface area contributed by atoms with Crippen LogP contribution in [0, 0.1) is 6.92 Å². The molecule has 2 aromatic rings. The summed E-state index contributed by atoms with van der Waals surface area (Å²) in [5, 5.41) is 28.6. The van der Waals surface area contributed by atoms with Crippen LogP contribution in [0.25, 0.3) is 0 Å². The lowest BCUT2D eigenvalue weighted by Gasteiger charge is -2.15. The average Bonchev–Trinajstić information content (AvgIpc) is 2.34. The van der Waals surface area contributed by atoms with E-state index in [1.807, 2.05) is 0 Å². The summed E-state index contributed by atoms with van der Waals surface area (Å²) in [4.78, 5) is 11.7. The zero-order valence-corrected chi connectivity index (χ0v) is 10.4. The van der Waals surface area contributed by atoms with Crippen LogP contribution in [0.4, 0.5) is 0 Å². The molecule has 1 unspecified atom stereocenters. The van der Waals surface area contributed by atoms with E-state index in [0.29, 0.717) is 11.3 Å². The molecule has 5 nitrogen and oxygen atoms in total. The highest BCUT2D eigenvalue weighted by atomic mass is 16.3. The highest BCUT2D eigenvalue weighted by Gasteiger charge is 2.11. The first-order chi connectivity index (χ1) is 8.97. The summed E-state index contributed by atoms with van der Waals surface area (Å²) in [7, 11) is 0. The van der Waals surface area contributed by atoms with Gasteiger partial charge in [0.1, 0.15) is 11.5 Å². The number of hydrogen-bond acceptors (Lipinski definition) is 4. The minimum atomic E-state index is -0.860. The van der Waals surface area contributed by atoms with Gasteiger partial charge in [0.25, 0.3) is 5.56 Å². The molecule has 0 saturated carbocycles. The number of aromatic hydroxyl groups is 2. The highest BCUT2D eigenvalue weighted by Crippen LogP contribution is 2.19. The standard InChI is InChI=1S/C14H15NO4/c1-9-6-12(17)7-14(19)15(9)8-13(18)10-2-4-11(16)5-3-10/h2-7,13,16-18H,8H2,1H3. The SMILES string of the molecule is Cc1cc(O)cc(=O)n1CC(O)c1ccc(O)cc1. The zero-order valence-electron chi connectivity index (χ0n) is 10.4. The minimum Gasteiger partial charge on any atom is -0.508 e. The van der Waals surface area contributed by atoms with E-state index < -0.39 is 6.10 Å². The Hall–Kier alpha value is -2.27. The second kappa shape index (κ2) is 5.16. The van der Waals surface area contributed by atoms with Gasteiger partial charge in [-0.15, -0.1) is 0 Å². The molecule has 0 bridgehead atoms. The fourth-order valence-electron chi connectivity index (χ4n) is 1.92. The van der Waals surface area contributed by atoms with E-state index in [0.717, 1.165) is 6.07 Å². The van der Waals surface area contributed by atoms with Crippen LogP contribution in [0.2, 0.25) is 0 Å². The molecule has 1 aromatic heterocycles. The third-order valence-corrected chi connectivity index (χ3v) is 2.95. The van der Waals surface area contributed by atoms with Gasteiger partial charge in [-0.3, -0.25) is 4.79 Å². The summed E-state index contributed by atoms with van der Waals surface area (Å²) >= 11 is 0. The van der Waals surface area contributed by atoms with Crippen molar-refractivity contribution in [2.75, 3.05) is 0 Å². The zero-order chi connectivity index (χ0) is 14.0. The van der Waals surface area contributed by atoms with Crippen molar-refractivity contribution in [1.82, 2.24) is 4.57 Å². The quantitative estimate of drug-likeness (QED) is 0.777. The third kappa shape index (κ3) is 2.95. The van der Waals surface area contributed by atoms with Crippen molar-refractivity contribution < 1.29 is 15.3 Å². The number of pyridine rings is 1. The van der Waals surface area contributed by atoms with Crippen molar-refractivity contribution in [3.05, 3.63) is 58.0 Å². The topological polar surface area (TPSA) is 82.7 Å². The van der Waals surface area contributed by atoms with E-state index in [9.17, 15) is 20.1 Å². The second-order valence-electron chi connectivity index (χ2n) is 4.41. The highest BCUT2D eigenvalue weighted by molar-refractivity contribution is 5.27. The number of rotatable bonds is 3. The maximum Gasteiger partial charge on any atom is 0.254 e. The average molecular weight is 261 g/mol.